The van der Waals surface area contributed by atoms with Gasteiger partial charge in [-0.1, -0.05) is 42.4 Å². The topological polar surface area (TPSA) is 96.5 Å². The van der Waals surface area contributed by atoms with Crippen molar-refractivity contribution in [2.24, 2.45) is 5.92 Å². The van der Waals surface area contributed by atoms with Crippen molar-refractivity contribution >= 4 is 56.6 Å². The lowest BCUT2D eigenvalue weighted by atomic mass is 9.89. The van der Waals surface area contributed by atoms with Crippen molar-refractivity contribution in [3.63, 3.8) is 0 Å². The summed E-state index contributed by atoms with van der Waals surface area (Å²) in [6.45, 7) is 2.22. The molecule has 3 aromatic heterocycles. The van der Waals surface area contributed by atoms with Crippen LogP contribution in [-0.4, -0.2) is 31.4 Å². The van der Waals surface area contributed by atoms with Crippen LogP contribution in [0.3, 0.4) is 0 Å². The van der Waals surface area contributed by atoms with Crippen molar-refractivity contribution in [1.82, 2.24) is 19.7 Å². The van der Waals surface area contributed by atoms with E-state index in [1.165, 1.54) is 34.3 Å². The highest BCUT2D eigenvalue weighted by Gasteiger charge is 2.25. The molecule has 1 N–H and O–H groups in total. The first-order chi connectivity index (χ1) is 16.0. The number of halogens is 1. The van der Waals surface area contributed by atoms with E-state index in [1.54, 1.807) is 16.9 Å². The fraction of sp³-hybridized carbons (Fsp3) is 0.261. The third kappa shape index (κ3) is 4.22. The van der Waals surface area contributed by atoms with E-state index in [0.29, 0.717) is 32.2 Å². The van der Waals surface area contributed by atoms with Crippen LogP contribution in [0.2, 0.25) is 5.02 Å². The van der Waals surface area contributed by atoms with Crippen LogP contribution in [0, 0.1) is 17.2 Å². The maximum Gasteiger partial charge on any atom is 0.235 e. The van der Waals surface area contributed by atoms with E-state index in [4.69, 9.17) is 11.6 Å². The Morgan fingerprint density at radius 2 is 2.24 bits per heavy atom. The summed E-state index contributed by atoms with van der Waals surface area (Å²) < 4.78 is 1.67. The van der Waals surface area contributed by atoms with Gasteiger partial charge in [0.1, 0.15) is 22.4 Å². The molecule has 3 heterocycles. The van der Waals surface area contributed by atoms with Gasteiger partial charge in [-0.2, -0.15) is 10.4 Å². The van der Waals surface area contributed by atoms with E-state index < -0.39 is 0 Å². The maximum atomic E-state index is 12.7. The van der Waals surface area contributed by atoms with E-state index >= 15 is 0 Å². The van der Waals surface area contributed by atoms with Gasteiger partial charge in [-0.15, -0.1) is 11.3 Å². The molecule has 0 unspecified atom stereocenters. The molecule has 33 heavy (non-hydrogen) atoms. The monoisotopic (exact) mass is 494 g/mol. The Balaban J connectivity index is 1.33. The highest BCUT2D eigenvalue weighted by molar-refractivity contribution is 8.00. The molecule has 166 valence electrons. The summed E-state index contributed by atoms with van der Waals surface area (Å²) in [5.74, 6) is 0.592. The van der Waals surface area contributed by atoms with Crippen LogP contribution < -0.4 is 5.32 Å². The third-order valence-corrected chi connectivity index (χ3v) is 8.12. The predicted octanol–water partition coefficient (Wildman–Crippen LogP) is 5.26. The third-order valence-electron chi connectivity index (χ3n) is 5.63. The Bertz CT molecular complexity index is 1410. The van der Waals surface area contributed by atoms with Gasteiger partial charge in [-0.05, 0) is 42.9 Å². The van der Waals surface area contributed by atoms with Crippen molar-refractivity contribution in [2.45, 2.75) is 31.2 Å². The van der Waals surface area contributed by atoms with Gasteiger partial charge >= 0.3 is 0 Å². The van der Waals surface area contributed by atoms with Crippen LogP contribution in [0.15, 0.2) is 41.8 Å². The molecule has 0 aliphatic heterocycles. The zero-order chi connectivity index (χ0) is 22.9. The first-order valence-electron chi connectivity index (χ1n) is 10.5. The number of aromatic nitrogens is 4. The Hall–Kier alpha value is -2.93. The highest BCUT2D eigenvalue weighted by atomic mass is 35.5. The molecule has 1 aliphatic carbocycles. The van der Waals surface area contributed by atoms with Gasteiger partial charge in [0.05, 0.1) is 33.6 Å². The largest absolute Gasteiger partial charge is 0.316 e. The van der Waals surface area contributed by atoms with Crippen LogP contribution in [0.4, 0.5) is 5.00 Å². The first kappa shape index (κ1) is 21.9. The van der Waals surface area contributed by atoms with E-state index in [2.05, 4.69) is 33.4 Å². The van der Waals surface area contributed by atoms with Gasteiger partial charge in [0, 0.05) is 4.88 Å². The van der Waals surface area contributed by atoms with Crippen molar-refractivity contribution in [1.29, 1.82) is 5.26 Å². The molecule has 1 aliphatic rings. The van der Waals surface area contributed by atoms with Crippen molar-refractivity contribution in [2.75, 3.05) is 11.1 Å². The van der Waals surface area contributed by atoms with E-state index in [9.17, 15) is 10.1 Å². The zero-order valence-corrected chi connectivity index (χ0v) is 20.1. The number of para-hydroxylation sites is 1. The van der Waals surface area contributed by atoms with Gasteiger partial charge in [0.15, 0.2) is 5.65 Å². The Morgan fingerprint density at radius 3 is 3.06 bits per heavy atom. The number of nitrogens with one attached hydrogen (secondary N) is 1. The smallest absolute Gasteiger partial charge is 0.235 e. The van der Waals surface area contributed by atoms with Crippen molar-refractivity contribution in [3.05, 3.63) is 57.8 Å². The summed E-state index contributed by atoms with van der Waals surface area (Å²) in [6.07, 6.45) is 6.08. The quantitative estimate of drug-likeness (QED) is 0.300. The highest BCUT2D eigenvalue weighted by Crippen LogP contribution is 2.39. The number of benzene rings is 1. The molecule has 0 fully saturated rings. The number of rotatable bonds is 5. The lowest BCUT2D eigenvalue weighted by molar-refractivity contribution is -0.113. The molecule has 1 atom stereocenters. The number of anilines is 1. The van der Waals surface area contributed by atoms with Crippen LogP contribution >= 0.6 is 34.7 Å². The molecule has 5 rings (SSSR count). The number of nitriles is 1. The minimum Gasteiger partial charge on any atom is -0.316 e. The molecule has 0 radical (unpaired) electrons. The summed E-state index contributed by atoms with van der Waals surface area (Å²) in [5, 5.41) is 19.6. The second-order valence-corrected chi connectivity index (χ2v) is 10.4. The summed E-state index contributed by atoms with van der Waals surface area (Å²) in [4.78, 5) is 22.7. The van der Waals surface area contributed by atoms with Gasteiger partial charge < -0.3 is 5.32 Å². The molecule has 1 amide bonds. The molecule has 4 aromatic rings. The second kappa shape index (κ2) is 9.14. The van der Waals surface area contributed by atoms with Crippen LogP contribution in [0.1, 0.15) is 29.3 Å². The second-order valence-electron chi connectivity index (χ2n) is 7.93. The number of hydrogen-bond donors (Lipinski definition) is 1. The van der Waals surface area contributed by atoms with Crippen molar-refractivity contribution < 1.29 is 4.79 Å². The standard InChI is InChI=1S/C23H19ClN6OS2/c1-13-6-7-14-15(9-25)23(33-19(14)8-13)29-20(31)11-32-22-16-10-28-30(21(16)26-12-27-22)18-5-3-2-4-17(18)24/h2-5,10,12-13H,6-8,11H2,1H3,(H,29,31)/t13-/m0/s1. The number of carbonyl (C=O) groups is 1. The zero-order valence-electron chi connectivity index (χ0n) is 17.7. The summed E-state index contributed by atoms with van der Waals surface area (Å²) >= 11 is 9.16. The van der Waals surface area contributed by atoms with Crippen molar-refractivity contribution in [3.8, 4) is 11.8 Å². The molecular weight excluding hydrogens is 476 g/mol. The summed E-state index contributed by atoms with van der Waals surface area (Å²) in [5.41, 5.74) is 3.06. The van der Waals surface area contributed by atoms with Gasteiger partial charge in [0.25, 0.3) is 0 Å². The number of hydrogen-bond acceptors (Lipinski definition) is 7. The number of amides is 1. The fourth-order valence-corrected chi connectivity index (χ4v) is 6.35. The van der Waals surface area contributed by atoms with Crippen LogP contribution in [0.25, 0.3) is 16.7 Å². The summed E-state index contributed by atoms with van der Waals surface area (Å²) in [7, 11) is 0. The number of thiophene rings is 1. The molecule has 0 saturated heterocycles. The molecule has 7 nitrogen and oxygen atoms in total. The normalized spacial score (nSPS) is 15.2. The number of carbonyl (C=O) groups excluding carboxylic acids is 1. The minimum atomic E-state index is -0.173. The van der Waals surface area contributed by atoms with Crippen LogP contribution in [-0.2, 0) is 17.6 Å². The molecule has 0 bridgehead atoms. The molecule has 0 saturated carbocycles. The summed E-state index contributed by atoms with van der Waals surface area (Å²) in [6, 6.07) is 9.69. The average molecular weight is 495 g/mol. The Morgan fingerprint density at radius 1 is 1.39 bits per heavy atom. The predicted molar refractivity (Wildman–Crippen MR) is 131 cm³/mol. The number of thioether (sulfide) groups is 1. The lowest BCUT2D eigenvalue weighted by Gasteiger charge is -2.17. The molecule has 0 spiro atoms. The van der Waals surface area contributed by atoms with E-state index in [-0.39, 0.29) is 11.7 Å². The molecular formula is C23H19ClN6OS2. The fourth-order valence-electron chi connectivity index (χ4n) is 3.99. The number of fused-ring (bicyclic) bond motifs is 2. The molecule has 10 heteroatoms. The minimum absolute atomic E-state index is 0.160. The average Bonchev–Trinajstić information content (AvgIpc) is 3.38. The number of nitrogens with zero attached hydrogens (tertiary/aromatic N) is 5. The molecule has 1 aromatic carbocycles. The van der Waals surface area contributed by atoms with E-state index in [1.807, 2.05) is 18.2 Å². The van der Waals surface area contributed by atoms with Gasteiger partial charge in [-0.3, -0.25) is 4.79 Å². The van der Waals surface area contributed by atoms with E-state index in [0.717, 1.165) is 35.9 Å². The van der Waals surface area contributed by atoms with Gasteiger partial charge in [-0.25, -0.2) is 14.6 Å². The SMILES string of the molecule is C[C@H]1CCc2c(sc(NC(=O)CSc3ncnc4c3cnn4-c3ccccc3Cl)c2C#N)C1. The van der Waals surface area contributed by atoms with Crippen LogP contribution in [0.5, 0.6) is 0 Å². The van der Waals surface area contributed by atoms with Gasteiger partial charge in [0.2, 0.25) is 5.91 Å². The Labute approximate surface area is 203 Å². The maximum absolute atomic E-state index is 12.7. The lowest BCUT2D eigenvalue weighted by Crippen LogP contribution is -2.14. The Kier molecular flexibility index (Phi) is 6.06. The first-order valence-corrected chi connectivity index (χ1v) is 12.6.